The van der Waals surface area contributed by atoms with Crippen LogP contribution in [0.1, 0.15) is 27.3 Å². The van der Waals surface area contributed by atoms with E-state index >= 15 is 0 Å². The fourth-order valence-electron chi connectivity index (χ4n) is 2.73. The highest BCUT2D eigenvalue weighted by molar-refractivity contribution is 6.31. The molecule has 0 aliphatic heterocycles. The zero-order chi connectivity index (χ0) is 18.1. The Labute approximate surface area is 150 Å². The monoisotopic (exact) mass is 357 g/mol. The van der Waals surface area contributed by atoms with E-state index in [1.165, 1.54) is 12.1 Å². The van der Waals surface area contributed by atoms with Gasteiger partial charge >= 0.3 is 0 Å². The quantitative estimate of drug-likeness (QED) is 0.728. The zero-order valence-electron chi connectivity index (χ0n) is 14.1. The molecule has 0 atom stereocenters. The molecule has 0 aliphatic carbocycles. The Morgan fingerprint density at radius 2 is 1.80 bits per heavy atom. The van der Waals surface area contributed by atoms with E-state index in [1.807, 2.05) is 13.8 Å². The molecule has 4 nitrogen and oxygen atoms in total. The Balaban J connectivity index is 1.96. The van der Waals surface area contributed by atoms with E-state index in [2.05, 4.69) is 10.4 Å². The summed E-state index contributed by atoms with van der Waals surface area (Å²) in [5.74, 6) is -0.576. The molecule has 0 saturated heterocycles. The summed E-state index contributed by atoms with van der Waals surface area (Å²) in [4.78, 5) is 12.8. The van der Waals surface area contributed by atoms with Crippen LogP contribution in [0.25, 0.3) is 5.69 Å². The molecular formula is C19H17ClFN3O. The molecule has 0 unspecified atom stereocenters. The van der Waals surface area contributed by atoms with Crippen molar-refractivity contribution >= 4 is 23.2 Å². The highest BCUT2D eigenvalue weighted by Crippen LogP contribution is 2.25. The number of amides is 1. The Kier molecular flexibility index (Phi) is 4.59. The minimum absolute atomic E-state index is 0.256. The van der Waals surface area contributed by atoms with Crippen LogP contribution < -0.4 is 5.32 Å². The van der Waals surface area contributed by atoms with Crippen molar-refractivity contribution in [2.45, 2.75) is 20.8 Å². The van der Waals surface area contributed by atoms with Crippen molar-refractivity contribution in [3.05, 3.63) is 75.8 Å². The summed E-state index contributed by atoms with van der Waals surface area (Å²) < 4.78 is 14.8. The number of rotatable bonds is 3. The van der Waals surface area contributed by atoms with Gasteiger partial charge in [-0.2, -0.15) is 5.10 Å². The summed E-state index contributed by atoms with van der Waals surface area (Å²) >= 11 is 6.10. The number of nitrogens with one attached hydrogen (secondary N) is 1. The number of nitrogens with zero attached hydrogens (tertiary/aromatic N) is 2. The van der Waals surface area contributed by atoms with Crippen molar-refractivity contribution in [2.75, 3.05) is 5.32 Å². The van der Waals surface area contributed by atoms with Crippen LogP contribution in [0.5, 0.6) is 0 Å². The van der Waals surface area contributed by atoms with Crippen molar-refractivity contribution < 1.29 is 9.18 Å². The molecule has 1 amide bonds. The molecule has 6 heteroatoms. The molecule has 0 spiro atoms. The van der Waals surface area contributed by atoms with E-state index in [0.29, 0.717) is 33.3 Å². The molecule has 2 aromatic carbocycles. The van der Waals surface area contributed by atoms with E-state index in [-0.39, 0.29) is 11.7 Å². The van der Waals surface area contributed by atoms with Crippen LogP contribution in [0.3, 0.4) is 0 Å². The van der Waals surface area contributed by atoms with Gasteiger partial charge in [0, 0.05) is 10.7 Å². The third-order valence-corrected chi connectivity index (χ3v) is 4.51. The molecule has 0 bridgehead atoms. The van der Waals surface area contributed by atoms with Gasteiger partial charge in [-0.25, -0.2) is 9.07 Å². The van der Waals surface area contributed by atoms with Gasteiger partial charge in [-0.05, 0) is 62.7 Å². The van der Waals surface area contributed by atoms with Crippen molar-refractivity contribution in [3.8, 4) is 5.69 Å². The molecule has 1 aromatic heterocycles. The Hall–Kier alpha value is -2.66. The lowest BCUT2D eigenvalue weighted by molar-refractivity contribution is 0.102. The summed E-state index contributed by atoms with van der Waals surface area (Å²) in [5.41, 5.74) is 3.92. The molecule has 0 fully saturated rings. The first kappa shape index (κ1) is 17.2. The fraction of sp³-hybridized carbons (Fsp3) is 0.158. The van der Waals surface area contributed by atoms with Crippen LogP contribution in [0.4, 0.5) is 10.1 Å². The number of benzene rings is 2. The van der Waals surface area contributed by atoms with Gasteiger partial charge in [-0.15, -0.1) is 0 Å². The fourth-order valence-corrected chi connectivity index (χ4v) is 2.91. The number of hydrogen-bond acceptors (Lipinski definition) is 2. The minimum Gasteiger partial charge on any atom is -0.322 e. The first-order valence-electron chi connectivity index (χ1n) is 7.77. The number of aromatic nitrogens is 2. The molecule has 128 valence electrons. The normalized spacial score (nSPS) is 10.8. The Bertz CT molecular complexity index is 948. The van der Waals surface area contributed by atoms with Gasteiger partial charge in [0.05, 0.1) is 22.6 Å². The summed E-state index contributed by atoms with van der Waals surface area (Å²) in [5, 5.41) is 7.90. The standard InChI is InChI=1S/C19H17ClFN3O/c1-11-16(20)5-4-6-17(11)22-19(25)18-12(2)23-24(13(18)3)15-9-7-14(21)8-10-15/h4-10H,1-3H3,(H,22,25). The largest absolute Gasteiger partial charge is 0.322 e. The first-order valence-corrected chi connectivity index (χ1v) is 8.15. The van der Waals surface area contributed by atoms with E-state index in [1.54, 1.807) is 41.9 Å². The summed E-state index contributed by atoms with van der Waals surface area (Å²) in [6, 6.07) is 11.3. The van der Waals surface area contributed by atoms with Gasteiger partial charge in [0.2, 0.25) is 0 Å². The second kappa shape index (κ2) is 6.69. The number of halogens is 2. The molecule has 3 rings (SSSR count). The van der Waals surface area contributed by atoms with E-state index in [9.17, 15) is 9.18 Å². The van der Waals surface area contributed by atoms with E-state index < -0.39 is 0 Å². The third kappa shape index (κ3) is 3.28. The van der Waals surface area contributed by atoms with E-state index in [0.717, 1.165) is 5.56 Å². The maximum Gasteiger partial charge on any atom is 0.259 e. The average Bonchev–Trinajstić information content (AvgIpc) is 2.87. The number of carbonyl (C=O) groups excluding carboxylic acids is 1. The van der Waals surface area contributed by atoms with E-state index in [4.69, 9.17) is 11.6 Å². The first-order chi connectivity index (χ1) is 11.9. The highest BCUT2D eigenvalue weighted by atomic mass is 35.5. The predicted octanol–water partition coefficient (Wildman–Crippen LogP) is 4.84. The SMILES string of the molecule is Cc1nn(-c2ccc(F)cc2)c(C)c1C(=O)Nc1cccc(Cl)c1C. The van der Waals surface area contributed by atoms with Gasteiger partial charge in [0.25, 0.3) is 5.91 Å². The van der Waals surface area contributed by atoms with Crippen LogP contribution in [0, 0.1) is 26.6 Å². The maximum atomic E-state index is 13.1. The molecule has 0 saturated carbocycles. The molecule has 1 N–H and O–H groups in total. The Morgan fingerprint density at radius 3 is 2.48 bits per heavy atom. The molecule has 3 aromatic rings. The smallest absolute Gasteiger partial charge is 0.259 e. The maximum absolute atomic E-state index is 13.1. The van der Waals surface area contributed by atoms with Crippen LogP contribution >= 0.6 is 11.6 Å². The van der Waals surface area contributed by atoms with Crippen LogP contribution in [0.15, 0.2) is 42.5 Å². The van der Waals surface area contributed by atoms with Crippen LogP contribution in [0.2, 0.25) is 5.02 Å². The molecule has 0 radical (unpaired) electrons. The zero-order valence-corrected chi connectivity index (χ0v) is 14.9. The second-order valence-corrected chi connectivity index (χ2v) is 6.21. The predicted molar refractivity (Wildman–Crippen MR) is 97.1 cm³/mol. The number of hydrogen-bond donors (Lipinski definition) is 1. The lowest BCUT2D eigenvalue weighted by Gasteiger charge is -2.10. The lowest BCUT2D eigenvalue weighted by Crippen LogP contribution is -2.15. The highest BCUT2D eigenvalue weighted by Gasteiger charge is 2.20. The van der Waals surface area contributed by atoms with Crippen molar-refractivity contribution in [2.24, 2.45) is 0 Å². The van der Waals surface area contributed by atoms with Gasteiger partial charge in [0.15, 0.2) is 0 Å². The number of carbonyl (C=O) groups is 1. The summed E-state index contributed by atoms with van der Waals surface area (Å²) in [6.45, 7) is 5.43. The van der Waals surface area contributed by atoms with Crippen molar-refractivity contribution in [1.82, 2.24) is 9.78 Å². The average molecular weight is 358 g/mol. The number of aryl methyl sites for hydroxylation is 1. The summed E-state index contributed by atoms with van der Waals surface area (Å²) in [6.07, 6.45) is 0. The number of anilines is 1. The molecule has 25 heavy (non-hydrogen) atoms. The topological polar surface area (TPSA) is 46.9 Å². The molecule has 1 heterocycles. The van der Waals surface area contributed by atoms with Gasteiger partial charge in [-0.1, -0.05) is 17.7 Å². The third-order valence-electron chi connectivity index (χ3n) is 4.11. The lowest BCUT2D eigenvalue weighted by atomic mass is 10.1. The molecular weight excluding hydrogens is 341 g/mol. The van der Waals surface area contributed by atoms with Crippen LogP contribution in [-0.2, 0) is 0 Å². The molecule has 0 aliphatic rings. The van der Waals surface area contributed by atoms with Crippen LogP contribution in [-0.4, -0.2) is 15.7 Å². The summed E-state index contributed by atoms with van der Waals surface area (Å²) in [7, 11) is 0. The van der Waals surface area contributed by atoms with Crippen molar-refractivity contribution in [3.63, 3.8) is 0 Å². The minimum atomic E-state index is -0.320. The van der Waals surface area contributed by atoms with Gasteiger partial charge in [-0.3, -0.25) is 4.79 Å². The van der Waals surface area contributed by atoms with Gasteiger partial charge in [0.1, 0.15) is 5.82 Å². The van der Waals surface area contributed by atoms with Gasteiger partial charge < -0.3 is 5.32 Å². The van der Waals surface area contributed by atoms with Crippen molar-refractivity contribution in [1.29, 1.82) is 0 Å². The second-order valence-electron chi connectivity index (χ2n) is 5.80. The Morgan fingerprint density at radius 1 is 1.12 bits per heavy atom.